The Kier molecular flexibility index (Phi) is 7.36. The van der Waals surface area contributed by atoms with Crippen LogP contribution in [0.15, 0.2) is 28.7 Å². The first-order chi connectivity index (χ1) is 8.92. The molecule has 0 saturated carbocycles. The average molecular weight is 370 g/mol. The fraction of sp³-hybridized carbons (Fsp3) is 0.538. The Bertz CT molecular complexity index is 490. The van der Waals surface area contributed by atoms with Crippen molar-refractivity contribution in [3.05, 3.63) is 34.3 Å². The lowest BCUT2D eigenvalue weighted by Gasteiger charge is -2.15. The van der Waals surface area contributed by atoms with Gasteiger partial charge in [0.25, 0.3) is 0 Å². The van der Waals surface area contributed by atoms with Crippen molar-refractivity contribution in [3.63, 3.8) is 0 Å². The molecular formula is C13H18BrClO3S. The first-order valence-corrected chi connectivity index (χ1v) is 9.43. The largest absolute Gasteiger partial charge is 0.376 e. The lowest BCUT2D eigenvalue weighted by molar-refractivity contribution is 0.0899. The van der Waals surface area contributed by atoms with Crippen LogP contribution < -0.4 is 0 Å². The van der Waals surface area contributed by atoms with E-state index in [2.05, 4.69) is 15.9 Å². The van der Waals surface area contributed by atoms with Gasteiger partial charge in [-0.3, -0.25) is 0 Å². The number of hydrogen-bond donors (Lipinski definition) is 0. The summed E-state index contributed by atoms with van der Waals surface area (Å²) in [6, 6.07) is 7.80. The minimum absolute atomic E-state index is 0.0294. The monoisotopic (exact) mass is 368 g/mol. The molecule has 108 valence electrons. The van der Waals surface area contributed by atoms with Gasteiger partial charge in [0.15, 0.2) is 0 Å². The second kappa shape index (κ2) is 8.25. The molecule has 0 aliphatic heterocycles. The number of benzene rings is 1. The summed E-state index contributed by atoms with van der Waals surface area (Å²) >= 11 is 3.45. The van der Waals surface area contributed by atoms with E-state index in [1.54, 1.807) is 0 Å². The van der Waals surface area contributed by atoms with Gasteiger partial charge in [0, 0.05) is 15.2 Å². The van der Waals surface area contributed by atoms with Crippen LogP contribution in [0.4, 0.5) is 0 Å². The summed E-state index contributed by atoms with van der Waals surface area (Å²) in [5, 5.41) is 0. The van der Waals surface area contributed by atoms with Crippen molar-refractivity contribution in [3.8, 4) is 0 Å². The highest BCUT2D eigenvalue weighted by Gasteiger charge is 2.16. The van der Waals surface area contributed by atoms with E-state index < -0.39 is 9.05 Å². The molecule has 0 radical (unpaired) electrons. The van der Waals surface area contributed by atoms with Crippen molar-refractivity contribution < 1.29 is 13.2 Å². The SMILES string of the molecule is CCCC(COCc1ccccc1Br)CS(=O)(=O)Cl. The normalized spacial score (nSPS) is 13.4. The first-order valence-electron chi connectivity index (χ1n) is 6.16. The first kappa shape index (κ1) is 17.0. The van der Waals surface area contributed by atoms with Crippen molar-refractivity contribution in [2.45, 2.75) is 26.4 Å². The van der Waals surface area contributed by atoms with Gasteiger partial charge in [0.2, 0.25) is 9.05 Å². The van der Waals surface area contributed by atoms with Crippen LogP contribution in [0.2, 0.25) is 0 Å². The summed E-state index contributed by atoms with van der Waals surface area (Å²) in [5.41, 5.74) is 1.05. The van der Waals surface area contributed by atoms with Crippen molar-refractivity contribution in [2.75, 3.05) is 12.4 Å². The zero-order chi connectivity index (χ0) is 14.3. The topological polar surface area (TPSA) is 43.4 Å². The van der Waals surface area contributed by atoms with Crippen molar-refractivity contribution in [1.29, 1.82) is 0 Å². The van der Waals surface area contributed by atoms with E-state index >= 15 is 0 Å². The maximum Gasteiger partial charge on any atom is 0.232 e. The standard InChI is InChI=1S/C13H18BrClO3S/c1-2-5-11(10-19(15,16)17)8-18-9-12-6-3-4-7-13(12)14/h3-4,6-7,11H,2,5,8-10H2,1H3. The lowest BCUT2D eigenvalue weighted by atomic mass is 10.1. The predicted molar refractivity (Wildman–Crippen MR) is 81.8 cm³/mol. The number of ether oxygens (including phenoxy) is 1. The Morgan fingerprint density at radius 1 is 1.37 bits per heavy atom. The fourth-order valence-corrected chi connectivity index (χ4v) is 3.62. The average Bonchev–Trinajstić information content (AvgIpc) is 2.30. The zero-order valence-electron chi connectivity index (χ0n) is 10.8. The van der Waals surface area contributed by atoms with E-state index in [-0.39, 0.29) is 11.7 Å². The molecule has 0 aliphatic carbocycles. The van der Waals surface area contributed by atoms with Crippen LogP contribution in [-0.2, 0) is 20.4 Å². The molecule has 19 heavy (non-hydrogen) atoms. The number of rotatable bonds is 8. The van der Waals surface area contributed by atoms with E-state index in [4.69, 9.17) is 15.4 Å². The van der Waals surface area contributed by atoms with Crippen molar-refractivity contribution in [1.82, 2.24) is 0 Å². The van der Waals surface area contributed by atoms with E-state index in [1.807, 2.05) is 31.2 Å². The van der Waals surface area contributed by atoms with Crippen LogP contribution >= 0.6 is 26.6 Å². The number of halogens is 2. The minimum Gasteiger partial charge on any atom is -0.376 e. The minimum atomic E-state index is -3.47. The summed E-state index contributed by atoms with van der Waals surface area (Å²) in [6.45, 7) is 2.88. The molecule has 1 aromatic rings. The van der Waals surface area contributed by atoms with Gasteiger partial charge < -0.3 is 4.74 Å². The van der Waals surface area contributed by atoms with Gasteiger partial charge in [-0.1, -0.05) is 47.5 Å². The molecule has 0 amide bonds. The lowest BCUT2D eigenvalue weighted by Crippen LogP contribution is -2.18. The number of hydrogen-bond acceptors (Lipinski definition) is 3. The van der Waals surface area contributed by atoms with Gasteiger partial charge in [0.05, 0.1) is 19.0 Å². The third-order valence-electron chi connectivity index (χ3n) is 2.70. The molecule has 0 saturated heterocycles. The van der Waals surface area contributed by atoms with Crippen LogP contribution in [0.1, 0.15) is 25.3 Å². The summed E-state index contributed by atoms with van der Waals surface area (Å²) in [7, 11) is 1.83. The van der Waals surface area contributed by atoms with Crippen LogP contribution in [0.3, 0.4) is 0 Å². The highest BCUT2D eigenvalue weighted by molar-refractivity contribution is 9.10. The van der Waals surface area contributed by atoms with Crippen LogP contribution in [-0.4, -0.2) is 20.8 Å². The Morgan fingerprint density at radius 2 is 2.05 bits per heavy atom. The van der Waals surface area contributed by atoms with Crippen molar-refractivity contribution in [2.24, 2.45) is 5.92 Å². The molecule has 1 atom stereocenters. The smallest absolute Gasteiger partial charge is 0.232 e. The van der Waals surface area contributed by atoms with E-state index in [0.29, 0.717) is 13.2 Å². The molecule has 0 spiro atoms. The highest BCUT2D eigenvalue weighted by Crippen LogP contribution is 2.18. The summed E-state index contributed by atoms with van der Waals surface area (Å²) < 4.78 is 28.8. The van der Waals surface area contributed by atoms with Gasteiger partial charge in [-0.2, -0.15) is 0 Å². The molecule has 0 N–H and O–H groups in total. The third kappa shape index (κ3) is 7.30. The molecule has 0 aromatic heterocycles. The molecule has 1 aromatic carbocycles. The summed E-state index contributed by atoms with van der Waals surface area (Å²) in [5.74, 6) is -0.0757. The Hall–Kier alpha value is -0.100. The third-order valence-corrected chi connectivity index (χ3v) is 4.72. The highest BCUT2D eigenvalue weighted by atomic mass is 79.9. The summed E-state index contributed by atoms with van der Waals surface area (Å²) in [6.07, 6.45) is 1.71. The quantitative estimate of drug-likeness (QED) is 0.652. The molecule has 0 aliphatic rings. The second-order valence-electron chi connectivity index (χ2n) is 4.47. The predicted octanol–water partition coefficient (Wildman–Crippen LogP) is 3.95. The maximum absolute atomic E-state index is 11.1. The van der Waals surface area contributed by atoms with Crippen LogP contribution in [0.5, 0.6) is 0 Å². The molecule has 6 heteroatoms. The van der Waals surface area contributed by atoms with Gasteiger partial charge in [-0.15, -0.1) is 0 Å². The molecular weight excluding hydrogens is 352 g/mol. The van der Waals surface area contributed by atoms with E-state index in [0.717, 1.165) is 22.9 Å². The Morgan fingerprint density at radius 3 is 2.63 bits per heavy atom. The fourth-order valence-electron chi connectivity index (χ4n) is 1.86. The van der Waals surface area contributed by atoms with Gasteiger partial charge in [0.1, 0.15) is 0 Å². The van der Waals surface area contributed by atoms with Gasteiger partial charge in [-0.05, 0) is 24.0 Å². The molecule has 0 bridgehead atoms. The maximum atomic E-state index is 11.1. The van der Waals surface area contributed by atoms with Crippen LogP contribution in [0.25, 0.3) is 0 Å². The van der Waals surface area contributed by atoms with Crippen LogP contribution in [0, 0.1) is 5.92 Å². The Balaban J connectivity index is 2.46. The van der Waals surface area contributed by atoms with Gasteiger partial charge >= 0.3 is 0 Å². The second-order valence-corrected chi connectivity index (χ2v) is 8.14. The van der Waals surface area contributed by atoms with E-state index in [1.165, 1.54) is 0 Å². The van der Waals surface area contributed by atoms with Gasteiger partial charge in [-0.25, -0.2) is 8.42 Å². The molecule has 1 rings (SSSR count). The van der Waals surface area contributed by atoms with E-state index in [9.17, 15) is 8.42 Å². The molecule has 3 nitrogen and oxygen atoms in total. The van der Waals surface area contributed by atoms with Crippen molar-refractivity contribution >= 4 is 35.7 Å². The molecule has 0 fully saturated rings. The summed E-state index contributed by atoms with van der Waals surface area (Å²) in [4.78, 5) is 0. The molecule has 1 unspecified atom stereocenters. The Labute approximate surface area is 127 Å². The zero-order valence-corrected chi connectivity index (χ0v) is 14.0. The molecule has 0 heterocycles.